The van der Waals surface area contributed by atoms with Crippen molar-refractivity contribution in [2.45, 2.75) is 5.41 Å². The minimum atomic E-state index is -0.616. The summed E-state index contributed by atoms with van der Waals surface area (Å²) in [7, 11) is 0. The third-order valence-electron chi connectivity index (χ3n) is 13.1. The molecular weight excluding hydrogens is 755 g/mol. The Kier molecular flexibility index (Phi) is 7.52. The maximum absolute atomic E-state index is 6.72. The lowest BCUT2D eigenvalue weighted by Gasteiger charge is -2.39. The van der Waals surface area contributed by atoms with Crippen molar-refractivity contribution < 1.29 is 9.15 Å². The highest BCUT2D eigenvalue weighted by Crippen LogP contribution is 2.63. The Morgan fingerprint density at radius 2 is 0.952 bits per heavy atom. The SMILES string of the molecule is c1ccc(-c2ccc(N(c3ccc(-c4cccc5oc6ccccc6c45)cc3)c3ccc4c(c3)C3(c5ccccc5Oc5ccccc53)c3ccc5ccccc5c3-4)cc2)cc1. The summed E-state index contributed by atoms with van der Waals surface area (Å²) >= 11 is 0. The quantitative estimate of drug-likeness (QED) is 0.174. The molecule has 62 heavy (non-hydrogen) atoms. The molecule has 0 bridgehead atoms. The van der Waals surface area contributed by atoms with E-state index in [2.05, 4.69) is 217 Å². The molecule has 2 heterocycles. The number of hydrogen-bond donors (Lipinski definition) is 0. The van der Waals surface area contributed by atoms with Crippen molar-refractivity contribution in [1.82, 2.24) is 0 Å². The highest BCUT2D eigenvalue weighted by molar-refractivity contribution is 6.12. The molecule has 11 aromatic rings. The first-order valence-corrected chi connectivity index (χ1v) is 21.2. The fourth-order valence-corrected chi connectivity index (χ4v) is 10.5. The molecule has 0 radical (unpaired) electrons. The van der Waals surface area contributed by atoms with E-state index in [0.717, 1.165) is 72.8 Å². The lowest BCUT2D eigenvalue weighted by molar-refractivity contribution is 0.436. The summed E-state index contributed by atoms with van der Waals surface area (Å²) in [5.41, 5.74) is 16.4. The van der Waals surface area contributed by atoms with Crippen molar-refractivity contribution in [3.63, 3.8) is 0 Å². The number of benzene rings is 10. The average Bonchev–Trinajstić information content (AvgIpc) is 3.87. The van der Waals surface area contributed by atoms with Gasteiger partial charge in [0.2, 0.25) is 0 Å². The molecule has 3 nitrogen and oxygen atoms in total. The average molecular weight is 792 g/mol. The third-order valence-corrected chi connectivity index (χ3v) is 13.1. The molecule has 13 rings (SSSR count). The Bertz CT molecular complexity index is 3500. The number of furan rings is 1. The van der Waals surface area contributed by atoms with Gasteiger partial charge in [0.1, 0.15) is 22.7 Å². The van der Waals surface area contributed by atoms with Crippen LogP contribution in [-0.4, -0.2) is 0 Å². The first-order chi connectivity index (χ1) is 30.7. The van der Waals surface area contributed by atoms with Crippen molar-refractivity contribution in [3.05, 3.63) is 247 Å². The zero-order valence-electron chi connectivity index (χ0n) is 33.6. The molecule has 0 unspecified atom stereocenters. The van der Waals surface area contributed by atoms with Crippen LogP contribution < -0.4 is 9.64 Å². The molecule has 3 heteroatoms. The molecule has 0 saturated carbocycles. The van der Waals surface area contributed by atoms with Gasteiger partial charge in [-0.2, -0.15) is 0 Å². The predicted octanol–water partition coefficient (Wildman–Crippen LogP) is 16.0. The van der Waals surface area contributed by atoms with Crippen molar-refractivity contribution in [2.24, 2.45) is 0 Å². The molecule has 1 aliphatic carbocycles. The van der Waals surface area contributed by atoms with E-state index in [1.807, 2.05) is 12.1 Å². The number of fused-ring (bicyclic) bond motifs is 14. The van der Waals surface area contributed by atoms with Crippen LogP contribution in [0.15, 0.2) is 229 Å². The van der Waals surface area contributed by atoms with Crippen LogP contribution in [0.3, 0.4) is 0 Å². The summed E-state index contributed by atoms with van der Waals surface area (Å²) in [6, 6.07) is 81.0. The molecular formula is C59H37NO2. The van der Waals surface area contributed by atoms with Gasteiger partial charge in [0.25, 0.3) is 0 Å². The van der Waals surface area contributed by atoms with Gasteiger partial charge in [-0.3, -0.25) is 0 Å². The first kappa shape index (κ1) is 34.7. The van der Waals surface area contributed by atoms with Gasteiger partial charge in [0.05, 0.1) is 5.41 Å². The smallest absolute Gasteiger partial charge is 0.136 e. The van der Waals surface area contributed by atoms with Gasteiger partial charge in [-0.1, -0.05) is 164 Å². The highest BCUT2D eigenvalue weighted by atomic mass is 16.5. The molecule has 290 valence electrons. The molecule has 0 atom stereocenters. The fourth-order valence-electron chi connectivity index (χ4n) is 10.5. The van der Waals surface area contributed by atoms with Crippen molar-refractivity contribution in [3.8, 4) is 44.9 Å². The third kappa shape index (κ3) is 5.00. The Morgan fingerprint density at radius 1 is 0.355 bits per heavy atom. The van der Waals surface area contributed by atoms with Crippen LogP contribution in [-0.2, 0) is 5.41 Å². The molecule has 0 amide bonds. The number of para-hydroxylation sites is 3. The van der Waals surface area contributed by atoms with Crippen LogP contribution in [0, 0.1) is 0 Å². The van der Waals surface area contributed by atoms with Gasteiger partial charge in [-0.25, -0.2) is 0 Å². The predicted molar refractivity (Wildman–Crippen MR) is 254 cm³/mol. The van der Waals surface area contributed by atoms with E-state index in [1.54, 1.807) is 0 Å². The lowest BCUT2D eigenvalue weighted by Crippen LogP contribution is -2.32. The number of rotatable bonds is 5. The van der Waals surface area contributed by atoms with Crippen LogP contribution >= 0.6 is 0 Å². The molecule has 2 aliphatic rings. The maximum atomic E-state index is 6.72. The molecule has 1 aromatic heterocycles. The Labute approximate surface area is 359 Å². The lowest BCUT2D eigenvalue weighted by atomic mass is 9.66. The van der Waals surface area contributed by atoms with Crippen LogP contribution in [0.25, 0.3) is 66.1 Å². The number of ether oxygens (including phenoxy) is 1. The Morgan fingerprint density at radius 3 is 1.71 bits per heavy atom. The number of anilines is 3. The minimum absolute atomic E-state index is 0.616. The second-order valence-electron chi connectivity index (χ2n) is 16.4. The normalized spacial score (nSPS) is 13.1. The second kappa shape index (κ2) is 13.4. The highest BCUT2D eigenvalue weighted by Gasteiger charge is 2.51. The maximum Gasteiger partial charge on any atom is 0.136 e. The van der Waals surface area contributed by atoms with Crippen molar-refractivity contribution in [1.29, 1.82) is 0 Å². The summed E-state index contributed by atoms with van der Waals surface area (Å²) in [6.07, 6.45) is 0. The van der Waals surface area contributed by atoms with Gasteiger partial charge in [0.15, 0.2) is 0 Å². The summed E-state index contributed by atoms with van der Waals surface area (Å²) in [6.45, 7) is 0. The number of nitrogens with zero attached hydrogens (tertiary/aromatic N) is 1. The summed E-state index contributed by atoms with van der Waals surface area (Å²) in [5, 5.41) is 4.74. The zero-order valence-corrected chi connectivity index (χ0v) is 33.6. The molecule has 0 fully saturated rings. The minimum Gasteiger partial charge on any atom is -0.457 e. The van der Waals surface area contributed by atoms with E-state index in [1.165, 1.54) is 44.2 Å². The fraction of sp³-hybridized carbons (Fsp3) is 0.0169. The van der Waals surface area contributed by atoms with Crippen LogP contribution in [0.1, 0.15) is 22.3 Å². The van der Waals surface area contributed by atoms with Crippen molar-refractivity contribution >= 4 is 49.8 Å². The molecule has 0 saturated heterocycles. The van der Waals surface area contributed by atoms with Gasteiger partial charge in [0, 0.05) is 39.0 Å². The van der Waals surface area contributed by atoms with E-state index in [4.69, 9.17) is 9.15 Å². The molecule has 1 aliphatic heterocycles. The monoisotopic (exact) mass is 791 g/mol. The van der Waals surface area contributed by atoms with Crippen LogP contribution in [0.4, 0.5) is 17.1 Å². The largest absolute Gasteiger partial charge is 0.457 e. The molecule has 0 N–H and O–H groups in total. The summed E-state index contributed by atoms with van der Waals surface area (Å²) in [4.78, 5) is 2.40. The Hall–Kier alpha value is -8.14. The standard InChI is InChI=1S/C59H37NO2/c1-2-13-38(14-3-1)39-25-30-42(31-26-39)60(43-32-27-41(28-33-43)46-18-12-24-56-58(46)48-17-6-9-21-53(48)61-56)44-34-35-47-52(37-44)59(51-36-29-40-15-4-5-16-45(40)57(47)51)49-19-7-10-22-54(49)62-55-23-11-8-20-50(55)59/h1-37H. The van der Waals surface area contributed by atoms with E-state index in [0.29, 0.717) is 0 Å². The van der Waals surface area contributed by atoms with E-state index >= 15 is 0 Å². The van der Waals surface area contributed by atoms with Crippen LogP contribution in [0.2, 0.25) is 0 Å². The first-order valence-electron chi connectivity index (χ1n) is 21.2. The molecule has 1 spiro atoms. The zero-order chi connectivity index (χ0) is 40.8. The van der Waals surface area contributed by atoms with Crippen molar-refractivity contribution in [2.75, 3.05) is 4.90 Å². The summed E-state index contributed by atoms with van der Waals surface area (Å²) in [5.74, 6) is 1.76. The van der Waals surface area contributed by atoms with Gasteiger partial charge in [-0.15, -0.1) is 0 Å². The Balaban J connectivity index is 1.04. The molecule has 10 aromatic carbocycles. The van der Waals surface area contributed by atoms with Gasteiger partial charge < -0.3 is 14.1 Å². The van der Waals surface area contributed by atoms with Crippen LogP contribution in [0.5, 0.6) is 11.5 Å². The second-order valence-corrected chi connectivity index (χ2v) is 16.4. The summed E-state index contributed by atoms with van der Waals surface area (Å²) < 4.78 is 13.0. The van der Waals surface area contributed by atoms with E-state index in [9.17, 15) is 0 Å². The number of hydrogen-bond acceptors (Lipinski definition) is 3. The topological polar surface area (TPSA) is 25.6 Å². The van der Waals surface area contributed by atoms with E-state index in [-0.39, 0.29) is 0 Å². The van der Waals surface area contributed by atoms with E-state index < -0.39 is 5.41 Å². The van der Waals surface area contributed by atoms with Gasteiger partial charge in [-0.05, 0) is 116 Å². The van der Waals surface area contributed by atoms with Gasteiger partial charge >= 0.3 is 0 Å².